The molecule has 3 nitrogen and oxygen atoms in total. The standard InChI is InChI=1S/C14H13F3N2O/c1-2-19-12(6-7-18-19)13(20)9-10-4-3-5-11(8-10)14(15,16)17/h3-8H,2,9H2,1H3. The van der Waals surface area contributed by atoms with Crippen LogP contribution in [0.1, 0.15) is 28.5 Å². The van der Waals surface area contributed by atoms with Crippen molar-refractivity contribution in [3.8, 4) is 0 Å². The van der Waals surface area contributed by atoms with Gasteiger partial charge in [0.1, 0.15) is 5.69 Å². The van der Waals surface area contributed by atoms with Gasteiger partial charge in [-0.05, 0) is 24.6 Å². The minimum atomic E-state index is -4.40. The molecule has 2 rings (SSSR count). The van der Waals surface area contributed by atoms with Crippen molar-refractivity contribution in [2.24, 2.45) is 0 Å². The summed E-state index contributed by atoms with van der Waals surface area (Å²) in [6.45, 7) is 2.38. The molecule has 0 aliphatic rings. The summed E-state index contributed by atoms with van der Waals surface area (Å²) in [6.07, 6.45) is -2.97. The van der Waals surface area contributed by atoms with Gasteiger partial charge in [-0.1, -0.05) is 18.2 Å². The highest BCUT2D eigenvalue weighted by Crippen LogP contribution is 2.29. The molecule has 6 heteroatoms. The number of carbonyl (C=O) groups is 1. The molecule has 0 bridgehead atoms. The highest BCUT2D eigenvalue weighted by atomic mass is 19.4. The van der Waals surface area contributed by atoms with Gasteiger partial charge in [0, 0.05) is 19.2 Å². The van der Waals surface area contributed by atoms with E-state index >= 15 is 0 Å². The molecule has 0 fully saturated rings. The van der Waals surface area contributed by atoms with Crippen LogP contribution in [0, 0.1) is 0 Å². The van der Waals surface area contributed by atoms with E-state index in [1.54, 1.807) is 6.07 Å². The van der Waals surface area contributed by atoms with Gasteiger partial charge in [-0.25, -0.2) is 0 Å². The van der Waals surface area contributed by atoms with Gasteiger partial charge in [0.15, 0.2) is 5.78 Å². The van der Waals surface area contributed by atoms with Crippen molar-refractivity contribution in [3.63, 3.8) is 0 Å². The smallest absolute Gasteiger partial charge is 0.292 e. The summed E-state index contributed by atoms with van der Waals surface area (Å²) < 4.78 is 39.3. The third-order valence-electron chi connectivity index (χ3n) is 2.92. The maximum atomic E-state index is 12.6. The van der Waals surface area contributed by atoms with E-state index in [-0.39, 0.29) is 12.2 Å². The van der Waals surface area contributed by atoms with E-state index in [0.717, 1.165) is 12.1 Å². The number of rotatable bonds is 4. The van der Waals surface area contributed by atoms with E-state index in [9.17, 15) is 18.0 Å². The number of nitrogens with zero attached hydrogens (tertiary/aromatic N) is 2. The number of Topliss-reactive ketones (excluding diaryl/α,β-unsaturated/α-hetero) is 1. The molecule has 0 saturated carbocycles. The van der Waals surface area contributed by atoms with Crippen LogP contribution in [0.5, 0.6) is 0 Å². The predicted octanol–water partition coefficient (Wildman–Crippen LogP) is 3.35. The molecular weight excluding hydrogens is 269 g/mol. The van der Waals surface area contributed by atoms with E-state index in [0.29, 0.717) is 17.8 Å². The molecule has 0 aliphatic heterocycles. The second-order valence-corrected chi connectivity index (χ2v) is 4.33. The normalized spacial score (nSPS) is 11.6. The maximum absolute atomic E-state index is 12.6. The second kappa shape index (κ2) is 5.48. The lowest BCUT2D eigenvalue weighted by atomic mass is 10.0. The van der Waals surface area contributed by atoms with E-state index in [1.165, 1.54) is 23.0 Å². The zero-order chi connectivity index (χ0) is 14.8. The fraction of sp³-hybridized carbons (Fsp3) is 0.286. The number of aryl methyl sites for hydroxylation is 1. The first-order valence-corrected chi connectivity index (χ1v) is 6.13. The highest BCUT2D eigenvalue weighted by molar-refractivity contribution is 5.95. The van der Waals surface area contributed by atoms with E-state index in [2.05, 4.69) is 5.10 Å². The van der Waals surface area contributed by atoms with Crippen molar-refractivity contribution < 1.29 is 18.0 Å². The van der Waals surface area contributed by atoms with Crippen LogP contribution in [-0.4, -0.2) is 15.6 Å². The number of carbonyl (C=O) groups excluding carboxylic acids is 1. The van der Waals surface area contributed by atoms with Crippen molar-refractivity contribution in [2.75, 3.05) is 0 Å². The molecule has 20 heavy (non-hydrogen) atoms. The van der Waals surface area contributed by atoms with E-state index < -0.39 is 11.7 Å². The first-order valence-electron chi connectivity index (χ1n) is 6.13. The topological polar surface area (TPSA) is 34.9 Å². The van der Waals surface area contributed by atoms with Gasteiger partial charge in [0.25, 0.3) is 0 Å². The molecule has 0 aliphatic carbocycles. The van der Waals surface area contributed by atoms with Crippen LogP contribution in [0.15, 0.2) is 36.5 Å². The van der Waals surface area contributed by atoms with E-state index in [4.69, 9.17) is 0 Å². The number of halogens is 3. The lowest BCUT2D eigenvalue weighted by molar-refractivity contribution is -0.137. The molecule has 0 spiro atoms. The maximum Gasteiger partial charge on any atom is 0.416 e. The number of aromatic nitrogens is 2. The fourth-order valence-electron chi connectivity index (χ4n) is 1.96. The van der Waals surface area contributed by atoms with Gasteiger partial charge in [-0.15, -0.1) is 0 Å². The Balaban J connectivity index is 2.20. The van der Waals surface area contributed by atoms with Crippen LogP contribution < -0.4 is 0 Å². The minimum absolute atomic E-state index is 0.0738. The Bertz CT molecular complexity index is 617. The molecule has 0 saturated heterocycles. The van der Waals surface area contributed by atoms with Gasteiger partial charge in [-0.2, -0.15) is 18.3 Å². The van der Waals surface area contributed by atoms with Gasteiger partial charge >= 0.3 is 6.18 Å². The number of ketones is 1. The number of alkyl halides is 3. The number of hydrogen-bond donors (Lipinski definition) is 0. The van der Waals surface area contributed by atoms with Crippen molar-refractivity contribution in [1.82, 2.24) is 9.78 Å². The molecule has 2 aromatic rings. The summed E-state index contributed by atoms with van der Waals surface area (Å²) in [7, 11) is 0. The van der Waals surface area contributed by atoms with Gasteiger partial charge in [0.05, 0.1) is 5.56 Å². The lowest BCUT2D eigenvalue weighted by Crippen LogP contribution is -2.12. The number of hydrogen-bond acceptors (Lipinski definition) is 2. The van der Waals surface area contributed by atoms with E-state index in [1.807, 2.05) is 6.92 Å². The molecule has 0 unspecified atom stereocenters. The molecule has 1 aromatic carbocycles. The van der Waals surface area contributed by atoms with Crippen LogP contribution >= 0.6 is 0 Å². The lowest BCUT2D eigenvalue weighted by Gasteiger charge is -2.08. The molecule has 0 N–H and O–H groups in total. The third-order valence-corrected chi connectivity index (χ3v) is 2.92. The number of benzene rings is 1. The minimum Gasteiger partial charge on any atom is -0.292 e. The zero-order valence-electron chi connectivity index (χ0n) is 10.8. The van der Waals surface area contributed by atoms with Gasteiger partial charge in [-0.3, -0.25) is 9.48 Å². The Labute approximate surface area is 114 Å². The largest absolute Gasteiger partial charge is 0.416 e. The Morgan fingerprint density at radius 3 is 2.70 bits per heavy atom. The SMILES string of the molecule is CCn1nccc1C(=O)Cc1cccc(C(F)(F)F)c1. The van der Waals surface area contributed by atoms with Crippen molar-refractivity contribution in [1.29, 1.82) is 0 Å². The van der Waals surface area contributed by atoms with Crippen molar-refractivity contribution in [3.05, 3.63) is 53.3 Å². The second-order valence-electron chi connectivity index (χ2n) is 4.33. The fourth-order valence-corrected chi connectivity index (χ4v) is 1.96. The van der Waals surface area contributed by atoms with Crippen molar-refractivity contribution >= 4 is 5.78 Å². The Kier molecular flexibility index (Phi) is 3.92. The Morgan fingerprint density at radius 2 is 2.05 bits per heavy atom. The quantitative estimate of drug-likeness (QED) is 0.806. The molecule has 1 heterocycles. The summed E-state index contributed by atoms with van der Waals surface area (Å²) in [4.78, 5) is 12.1. The molecule has 0 radical (unpaired) electrons. The zero-order valence-corrected chi connectivity index (χ0v) is 10.8. The monoisotopic (exact) mass is 282 g/mol. The summed E-state index contributed by atoms with van der Waals surface area (Å²) in [5, 5.41) is 3.97. The molecule has 0 amide bonds. The van der Waals surface area contributed by atoms with Crippen LogP contribution in [0.25, 0.3) is 0 Å². The highest BCUT2D eigenvalue weighted by Gasteiger charge is 2.30. The Morgan fingerprint density at radius 1 is 1.30 bits per heavy atom. The van der Waals surface area contributed by atoms with Crippen LogP contribution in [0.3, 0.4) is 0 Å². The van der Waals surface area contributed by atoms with Crippen LogP contribution in [0.2, 0.25) is 0 Å². The predicted molar refractivity (Wildman–Crippen MR) is 67.4 cm³/mol. The van der Waals surface area contributed by atoms with Crippen LogP contribution in [-0.2, 0) is 19.1 Å². The first kappa shape index (κ1) is 14.3. The summed E-state index contributed by atoms with van der Waals surface area (Å²) >= 11 is 0. The molecule has 1 aromatic heterocycles. The van der Waals surface area contributed by atoms with Crippen molar-refractivity contribution in [2.45, 2.75) is 26.1 Å². The molecule has 0 atom stereocenters. The average Bonchev–Trinajstić information content (AvgIpc) is 2.86. The Hall–Kier alpha value is -2.11. The van der Waals surface area contributed by atoms with Gasteiger partial charge < -0.3 is 0 Å². The summed E-state index contributed by atoms with van der Waals surface area (Å²) in [5.74, 6) is -0.247. The summed E-state index contributed by atoms with van der Waals surface area (Å²) in [6, 6.07) is 6.39. The third kappa shape index (κ3) is 3.07. The van der Waals surface area contributed by atoms with Gasteiger partial charge in [0.2, 0.25) is 0 Å². The molecular formula is C14H13F3N2O. The first-order chi connectivity index (χ1) is 9.41. The molecule has 106 valence electrons. The van der Waals surface area contributed by atoms with Crippen LogP contribution in [0.4, 0.5) is 13.2 Å². The average molecular weight is 282 g/mol. The summed E-state index contributed by atoms with van der Waals surface area (Å²) in [5.41, 5.74) is 0.00499.